The van der Waals surface area contributed by atoms with Crippen molar-refractivity contribution >= 4 is 0 Å². The predicted octanol–water partition coefficient (Wildman–Crippen LogP) is 1.64. The van der Waals surface area contributed by atoms with Crippen LogP contribution in [-0.4, -0.2) is 6.54 Å². The first-order valence-electron chi connectivity index (χ1n) is 4.00. The lowest BCUT2D eigenvalue weighted by Gasteiger charge is -2.09. The highest BCUT2D eigenvalue weighted by Gasteiger charge is 2.07. The fraction of sp³-hybridized carbons (Fsp3) is 0.300. The topological polar surface area (TPSA) is 49.8 Å². The van der Waals surface area contributed by atoms with Crippen LogP contribution in [0.4, 0.5) is 0 Å². The van der Waals surface area contributed by atoms with Crippen molar-refractivity contribution in [2.45, 2.75) is 12.3 Å². The normalized spacial score (nSPS) is 12.0. The zero-order valence-electron chi connectivity index (χ0n) is 6.90. The van der Waals surface area contributed by atoms with E-state index in [4.69, 9.17) is 11.0 Å². The Bertz CT molecular complexity index is 261. The summed E-state index contributed by atoms with van der Waals surface area (Å²) in [7, 11) is 0. The van der Waals surface area contributed by atoms with Crippen molar-refractivity contribution in [1.29, 1.82) is 5.26 Å². The molecule has 0 amide bonds. The Balaban J connectivity index is 2.75. The van der Waals surface area contributed by atoms with Crippen molar-refractivity contribution in [1.82, 2.24) is 0 Å². The lowest BCUT2D eigenvalue weighted by Crippen LogP contribution is -2.11. The molecule has 1 unspecified atom stereocenters. The molecule has 0 bridgehead atoms. The van der Waals surface area contributed by atoms with Gasteiger partial charge in [0.2, 0.25) is 0 Å². The monoisotopic (exact) mass is 160 g/mol. The number of nitrogens with two attached hydrogens (primary N) is 1. The Labute approximate surface area is 72.6 Å². The molecule has 0 saturated carbocycles. The fourth-order valence-electron chi connectivity index (χ4n) is 1.17. The second kappa shape index (κ2) is 4.53. The molecule has 2 N–H and O–H groups in total. The largest absolute Gasteiger partial charge is 0.330 e. The SMILES string of the molecule is N#CCC(CN)c1ccccc1. The van der Waals surface area contributed by atoms with Crippen LogP contribution in [0.3, 0.4) is 0 Å². The van der Waals surface area contributed by atoms with E-state index in [2.05, 4.69) is 6.07 Å². The van der Waals surface area contributed by atoms with Crippen LogP contribution in [0.5, 0.6) is 0 Å². The third-order valence-corrected chi connectivity index (χ3v) is 1.89. The van der Waals surface area contributed by atoms with Gasteiger partial charge in [-0.2, -0.15) is 5.26 Å². The molecule has 0 heterocycles. The van der Waals surface area contributed by atoms with Crippen molar-refractivity contribution < 1.29 is 0 Å². The zero-order valence-corrected chi connectivity index (χ0v) is 6.90. The number of nitriles is 1. The van der Waals surface area contributed by atoms with Crippen LogP contribution in [0.25, 0.3) is 0 Å². The number of hydrogen-bond donors (Lipinski definition) is 1. The molecule has 0 aliphatic carbocycles. The molecule has 0 radical (unpaired) electrons. The summed E-state index contributed by atoms with van der Waals surface area (Å²) in [6.07, 6.45) is 0.501. The molecule has 0 aliphatic rings. The molecule has 0 aromatic heterocycles. The van der Waals surface area contributed by atoms with E-state index in [1.54, 1.807) is 0 Å². The lowest BCUT2D eigenvalue weighted by molar-refractivity contribution is 0.717. The minimum absolute atomic E-state index is 0.191. The maximum Gasteiger partial charge on any atom is 0.0628 e. The first-order chi connectivity index (χ1) is 5.88. The Kier molecular flexibility index (Phi) is 3.31. The Morgan fingerprint density at radius 1 is 1.33 bits per heavy atom. The number of rotatable bonds is 3. The second-order valence-corrected chi connectivity index (χ2v) is 2.71. The summed E-state index contributed by atoms with van der Waals surface area (Å²) in [6.45, 7) is 0.539. The van der Waals surface area contributed by atoms with E-state index < -0.39 is 0 Å². The number of hydrogen-bond acceptors (Lipinski definition) is 2. The highest BCUT2D eigenvalue weighted by Crippen LogP contribution is 2.16. The molecular formula is C10H12N2. The van der Waals surface area contributed by atoms with Gasteiger partial charge in [0, 0.05) is 18.9 Å². The van der Waals surface area contributed by atoms with Crippen LogP contribution in [0.2, 0.25) is 0 Å². The molecule has 1 aromatic carbocycles. The van der Waals surface area contributed by atoms with Crippen LogP contribution in [-0.2, 0) is 0 Å². The van der Waals surface area contributed by atoms with Crippen molar-refractivity contribution in [3.63, 3.8) is 0 Å². The first-order valence-corrected chi connectivity index (χ1v) is 4.00. The molecule has 1 atom stereocenters. The summed E-state index contributed by atoms with van der Waals surface area (Å²) in [5.74, 6) is 0.191. The van der Waals surface area contributed by atoms with Gasteiger partial charge >= 0.3 is 0 Å². The first kappa shape index (κ1) is 8.76. The Morgan fingerprint density at radius 3 is 2.50 bits per heavy atom. The van der Waals surface area contributed by atoms with E-state index in [0.717, 1.165) is 5.56 Å². The van der Waals surface area contributed by atoms with Gasteiger partial charge in [0.05, 0.1) is 6.07 Å². The van der Waals surface area contributed by atoms with E-state index in [9.17, 15) is 0 Å². The number of nitrogens with zero attached hydrogens (tertiary/aromatic N) is 1. The lowest BCUT2D eigenvalue weighted by atomic mass is 9.97. The smallest absolute Gasteiger partial charge is 0.0628 e. The van der Waals surface area contributed by atoms with Crippen LogP contribution < -0.4 is 5.73 Å². The third kappa shape index (κ3) is 2.08. The van der Waals surface area contributed by atoms with E-state index in [1.165, 1.54) is 0 Å². The second-order valence-electron chi connectivity index (χ2n) is 2.71. The quantitative estimate of drug-likeness (QED) is 0.730. The van der Waals surface area contributed by atoms with Gasteiger partial charge in [-0.05, 0) is 5.56 Å². The molecule has 1 aromatic rings. The zero-order chi connectivity index (χ0) is 8.81. The van der Waals surface area contributed by atoms with Crippen molar-refractivity contribution in [3.8, 4) is 6.07 Å². The highest BCUT2D eigenvalue weighted by molar-refractivity contribution is 5.20. The Hall–Kier alpha value is -1.33. The van der Waals surface area contributed by atoms with E-state index >= 15 is 0 Å². The predicted molar refractivity (Wildman–Crippen MR) is 48.5 cm³/mol. The number of benzene rings is 1. The summed E-state index contributed by atoms with van der Waals surface area (Å²) in [6, 6.07) is 12.1. The molecule has 2 nitrogen and oxygen atoms in total. The van der Waals surface area contributed by atoms with Crippen LogP contribution in [0, 0.1) is 11.3 Å². The Morgan fingerprint density at radius 2 is 2.00 bits per heavy atom. The fourth-order valence-corrected chi connectivity index (χ4v) is 1.17. The van der Waals surface area contributed by atoms with Gasteiger partial charge < -0.3 is 5.73 Å². The van der Waals surface area contributed by atoms with Crippen molar-refractivity contribution in [3.05, 3.63) is 35.9 Å². The summed E-state index contributed by atoms with van der Waals surface area (Å²) in [5.41, 5.74) is 6.69. The molecule has 0 saturated heterocycles. The van der Waals surface area contributed by atoms with Gasteiger partial charge in [-0.1, -0.05) is 30.3 Å². The molecule has 0 aliphatic heterocycles. The minimum Gasteiger partial charge on any atom is -0.330 e. The molecule has 0 fully saturated rings. The maximum atomic E-state index is 8.52. The summed E-state index contributed by atoms with van der Waals surface area (Å²) < 4.78 is 0. The van der Waals surface area contributed by atoms with Gasteiger partial charge in [-0.3, -0.25) is 0 Å². The van der Waals surface area contributed by atoms with E-state index in [-0.39, 0.29) is 5.92 Å². The van der Waals surface area contributed by atoms with Crippen LogP contribution in [0.15, 0.2) is 30.3 Å². The molecule has 2 heteroatoms. The summed E-state index contributed by atoms with van der Waals surface area (Å²) in [4.78, 5) is 0. The highest BCUT2D eigenvalue weighted by atomic mass is 14.5. The van der Waals surface area contributed by atoms with Gasteiger partial charge in [0.1, 0.15) is 0 Å². The third-order valence-electron chi connectivity index (χ3n) is 1.89. The molecule has 1 rings (SSSR count). The molecule has 62 valence electrons. The molecular weight excluding hydrogens is 148 g/mol. The van der Waals surface area contributed by atoms with Gasteiger partial charge in [0.15, 0.2) is 0 Å². The average molecular weight is 160 g/mol. The van der Waals surface area contributed by atoms with Gasteiger partial charge in [-0.25, -0.2) is 0 Å². The van der Waals surface area contributed by atoms with Crippen LogP contribution in [0.1, 0.15) is 17.9 Å². The van der Waals surface area contributed by atoms with Crippen molar-refractivity contribution in [2.24, 2.45) is 5.73 Å². The van der Waals surface area contributed by atoms with Crippen molar-refractivity contribution in [2.75, 3.05) is 6.54 Å². The van der Waals surface area contributed by atoms with Gasteiger partial charge in [-0.15, -0.1) is 0 Å². The summed E-state index contributed by atoms with van der Waals surface area (Å²) >= 11 is 0. The maximum absolute atomic E-state index is 8.52. The van der Waals surface area contributed by atoms with E-state index in [1.807, 2.05) is 30.3 Å². The summed E-state index contributed by atoms with van der Waals surface area (Å²) in [5, 5.41) is 8.52. The molecule has 12 heavy (non-hydrogen) atoms. The average Bonchev–Trinajstić information content (AvgIpc) is 2.15. The molecule has 0 spiro atoms. The minimum atomic E-state index is 0.191. The van der Waals surface area contributed by atoms with Gasteiger partial charge in [0.25, 0.3) is 0 Å². The standard InChI is InChI=1S/C10H12N2/c11-7-6-10(8-12)9-4-2-1-3-5-9/h1-5,10H,6,8,12H2. The van der Waals surface area contributed by atoms with E-state index in [0.29, 0.717) is 13.0 Å². The van der Waals surface area contributed by atoms with Crippen LogP contribution >= 0.6 is 0 Å².